The average molecular weight is 369 g/mol. The van der Waals surface area contributed by atoms with Crippen LogP contribution in [0.5, 0.6) is 0 Å². The van der Waals surface area contributed by atoms with Gasteiger partial charge in [-0.15, -0.1) is 0 Å². The fraction of sp³-hybridized carbons (Fsp3) is 1.00. The molecule has 0 saturated carbocycles. The van der Waals surface area contributed by atoms with Crippen molar-refractivity contribution in [2.45, 2.75) is 152 Å². The predicted molar refractivity (Wildman–Crippen MR) is 134 cm³/mol. The van der Waals surface area contributed by atoms with Gasteiger partial charge in [-0.1, -0.05) is 152 Å². The van der Waals surface area contributed by atoms with Gasteiger partial charge in [0.15, 0.2) is 0 Å². The van der Waals surface area contributed by atoms with E-state index in [1.807, 2.05) is 0 Å². The van der Waals surface area contributed by atoms with Gasteiger partial charge in [0.05, 0.1) is 0 Å². The summed E-state index contributed by atoms with van der Waals surface area (Å²) in [7, 11) is 0. The van der Waals surface area contributed by atoms with Gasteiger partial charge in [0.1, 0.15) is 0 Å². The van der Waals surface area contributed by atoms with Gasteiger partial charge in [-0.25, -0.2) is 0 Å². The molecule has 0 fully saturated rings. The zero-order chi connectivity index (χ0) is 17.0. The summed E-state index contributed by atoms with van der Waals surface area (Å²) in [5.41, 5.74) is 0. The Balaban J connectivity index is -0.0000000186. The van der Waals surface area contributed by atoms with Crippen LogP contribution in [0.1, 0.15) is 152 Å². The molecular formula is C25H68. The van der Waals surface area contributed by atoms with Crippen molar-refractivity contribution < 1.29 is 0 Å². The van der Waals surface area contributed by atoms with Crippen molar-refractivity contribution in [1.82, 2.24) is 0 Å². The number of rotatable bonds is 5. The number of hydrogen-bond donors (Lipinski definition) is 0. The molecule has 0 N–H and O–H groups in total. The van der Waals surface area contributed by atoms with E-state index in [1.165, 1.54) is 38.5 Å². The Morgan fingerprint density at radius 1 is 0.400 bits per heavy atom. The Morgan fingerprint density at radius 2 is 0.520 bits per heavy atom. The Bertz CT molecular complexity index is 92.5. The van der Waals surface area contributed by atoms with E-state index in [2.05, 4.69) is 76.2 Å². The molecule has 0 aliphatic carbocycles. The van der Waals surface area contributed by atoms with E-state index in [0.717, 1.165) is 17.8 Å². The Kier molecular flexibility index (Phi) is 127. The fourth-order valence-electron chi connectivity index (χ4n) is 0.577. The van der Waals surface area contributed by atoms with E-state index < -0.39 is 0 Å². The van der Waals surface area contributed by atoms with Gasteiger partial charge in [0, 0.05) is 0 Å². The smallest absolute Gasteiger partial charge is 0.0448 e. The van der Waals surface area contributed by atoms with Crippen molar-refractivity contribution in [3.8, 4) is 0 Å². The highest BCUT2D eigenvalue weighted by Crippen LogP contribution is 2.03. The zero-order valence-corrected chi connectivity index (χ0v) is 17.0. The summed E-state index contributed by atoms with van der Waals surface area (Å²) in [5, 5.41) is 0. The van der Waals surface area contributed by atoms with Crippen molar-refractivity contribution in [3.63, 3.8) is 0 Å². The van der Waals surface area contributed by atoms with Crippen molar-refractivity contribution in [1.29, 1.82) is 0 Å². The maximum Gasteiger partial charge on any atom is -0.0448 e. The normalized spacial score (nSPS) is 7.44. The van der Waals surface area contributed by atoms with E-state index in [9.17, 15) is 0 Å². The summed E-state index contributed by atoms with van der Waals surface area (Å²) < 4.78 is 0. The summed E-state index contributed by atoms with van der Waals surface area (Å²) >= 11 is 0. The molecule has 168 valence electrons. The fourth-order valence-corrected chi connectivity index (χ4v) is 0.577. The lowest BCUT2D eigenvalue weighted by molar-refractivity contribution is 0.544. The van der Waals surface area contributed by atoms with Crippen molar-refractivity contribution in [3.05, 3.63) is 0 Å². The molecule has 0 aromatic rings. The topological polar surface area (TPSA) is 0 Å². The maximum atomic E-state index is 2.28. The van der Waals surface area contributed by atoms with Gasteiger partial charge in [-0.2, -0.15) is 0 Å². The van der Waals surface area contributed by atoms with Crippen LogP contribution in [0.15, 0.2) is 0 Å². The van der Waals surface area contributed by atoms with Gasteiger partial charge in [0.2, 0.25) is 0 Å². The number of hydrogen-bond acceptors (Lipinski definition) is 0. The third-order valence-corrected chi connectivity index (χ3v) is 3.29. The van der Waals surface area contributed by atoms with E-state index >= 15 is 0 Å². The lowest BCUT2D eigenvalue weighted by Gasteiger charge is -1.98. The molecule has 0 nitrogen and oxygen atoms in total. The van der Waals surface area contributed by atoms with Gasteiger partial charge in [0.25, 0.3) is 0 Å². The van der Waals surface area contributed by atoms with Crippen LogP contribution in [0.2, 0.25) is 0 Å². The van der Waals surface area contributed by atoms with Gasteiger partial charge < -0.3 is 0 Å². The SMILES string of the molecule is C.C.C.C.C.CC(C)C.CCC(C)CC.CCC(C)CC.CCCC. The standard InChI is InChI=1S/2C6H14.2C4H10.5CH4/c2*1-4-6(3)5-2;1-4(2)3;1-3-4-2;;;;;/h2*6H,4-5H2,1-3H3;4H,1-3H3;3-4H2,1-2H3;5*1H4. The molecule has 0 aromatic carbocycles. The lowest BCUT2D eigenvalue weighted by Crippen LogP contribution is -1.85. The zero-order valence-electron chi connectivity index (χ0n) is 17.0. The van der Waals surface area contributed by atoms with Crippen molar-refractivity contribution in [2.24, 2.45) is 17.8 Å². The van der Waals surface area contributed by atoms with Crippen LogP contribution in [0.25, 0.3) is 0 Å². The number of unbranched alkanes of at least 4 members (excludes halogenated alkanes) is 1. The van der Waals surface area contributed by atoms with Crippen LogP contribution in [0.4, 0.5) is 0 Å². The van der Waals surface area contributed by atoms with E-state index in [1.54, 1.807) is 0 Å². The minimum atomic E-state index is 0. The highest BCUT2D eigenvalue weighted by molar-refractivity contribution is 4.42. The largest absolute Gasteiger partial charge is 0.0776 e. The Labute approximate surface area is 170 Å². The monoisotopic (exact) mass is 369 g/mol. The minimum absolute atomic E-state index is 0. The third-order valence-electron chi connectivity index (χ3n) is 3.29. The molecule has 0 spiro atoms. The summed E-state index contributed by atoms with van der Waals surface area (Å²) in [6.07, 6.45) is 7.96. The quantitative estimate of drug-likeness (QED) is 0.452. The van der Waals surface area contributed by atoms with Crippen LogP contribution >= 0.6 is 0 Å². The maximum absolute atomic E-state index is 2.28. The first-order chi connectivity index (χ1) is 9.26. The molecule has 0 heterocycles. The molecule has 0 saturated heterocycles. The van der Waals surface area contributed by atoms with Crippen LogP contribution in [-0.4, -0.2) is 0 Å². The predicted octanol–water partition coefficient (Wildman–Crippen LogP) is 11.5. The summed E-state index contributed by atoms with van der Waals surface area (Å²) in [4.78, 5) is 0. The highest BCUT2D eigenvalue weighted by Gasteiger charge is 1.89. The molecule has 0 heteroatoms. The molecule has 0 radical (unpaired) electrons. The van der Waals surface area contributed by atoms with Gasteiger partial charge in [-0.3, -0.25) is 0 Å². The molecule has 0 aliphatic heterocycles. The van der Waals surface area contributed by atoms with Crippen LogP contribution in [0.3, 0.4) is 0 Å². The van der Waals surface area contributed by atoms with Gasteiger partial charge in [-0.05, 0) is 17.8 Å². The van der Waals surface area contributed by atoms with Crippen LogP contribution < -0.4 is 0 Å². The molecular weight excluding hydrogens is 300 g/mol. The van der Waals surface area contributed by atoms with Crippen LogP contribution in [0, 0.1) is 17.8 Å². The van der Waals surface area contributed by atoms with E-state index in [0.29, 0.717) is 0 Å². The second-order valence-electron chi connectivity index (χ2n) is 6.58. The molecule has 0 atom stereocenters. The first-order valence-corrected chi connectivity index (χ1v) is 9.26. The Morgan fingerprint density at radius 3 is 0.520 bits per heavy atom. The molecule has 25 heavy (non-hydrogen) atoms. The summed E-state index contributed by atoms with van der Waals surface area (Å²) in [5.74, 6) is 2.70. The molecule has 0 aromatic heterocycles. The highest BCUT2D eigenvalue weighted by atomic mass is 14.0. The van der Waals surface area contributed by atoms with E-state index in [-0.39, 0.29) is 37.1 Å². The second-order valence-corrected chi connectivity index (χ2v) is 6.58. The molecule has 0 bridgehead atoms. The summed E-state index contributed by atoms with van der Waals surface area (Å²) in [6.45, 7) is 24.3. The van der Waals surface area contributed by atoms with Crippen molar-refractivity contribution in [2.75, 3.05) is 0 Å². The lowest BCUT2D eigenvalue weighted by atomic mass is 10.1. The van der Waals surface area contributed by atoms with Gasteiger partial charge >= 0.3 is 0 Å². The van der Waals surface area contributed by atoms with Crippen LogP contribution in [-0.2, 0) is 0 Å². The second kappa shape index (κ2) is 56.4. The van der Waals surface area contributed by atoms with E-state index in [4.69, 9.17) is 0 Å². The summed E-state index contributed by atoms with van der Waals surface area (Å²) in [6, 6.07) is 0. The Hall–Kier alpha value is 0. The molecule has 0 amide bonds. The molecule has 0 aliphatic rings. The first-order valence-electron chi connectivity index (χ1n) is 9.26. The first kappa shape index (κ1) is 56.2. The molecule has 0 rings (SSSR count). The molecule has 0 unspecified atom stereocenters. The van der Waals surface area contributed by atoms with Crippen molar-refractivity contribution >= 4 is 0 Å². The average Bonchev–Trinajstić information content (AvgIpc) is 2.45. The minimum Gasteiger partial charge on any atom is -0.0776 e. The third kappa shape index (κ3) is 143.